The lowest BCUT2D eigenvalue weighted by Crippen LogP contribution is -2.34. The van der Waals surface area contributed by atoms with E-state index in [9.17, 15) is 9.59 Å². The second-order valence-corrected chi connectivity index (χ2v) is 3.91. The Kier molecular flexibility index (Phi) is 5.17. The molecule has 104 valence electrons. The standard InChI is InChI=1S/C13H18N2O4/c1-3-15(4-2)12(16)8-19-9-5-6-11(14)10(7-9)13(17)18/h5-7H,3-4,8,14H2,1-2H3,(H,17,18). The number of carboxylic acids is 1. The normalized spacial score (nSPS) is 10.0. The fraction of sp³-hybridized carbons (Fsp3) is 0.385. The first-order valence-electron chi connectivity index (χ1n) is 6.03. The highest BCUT2D eigenvalue weighted by Crippen LogP contribution is 2.19. The lowest BCUT2D eigenvalue weighted by atomic mass is 10.2. The number of carboxylic acid groups (broad SMARTS) is 1. The van der Waals surface area contributed by atoms with Crippen molar-refractivity contribution in [3.8, 4) is 5.75 Å². The van der Waals surface area contributed by atoms with Crippen molar-refractivity contribution < 1.29 is 19.4 Å². The van der Waals surface area contributed by atoms with Crippen molar-refractivity contribution in [2.24, 2.45) is 0 Å². The smallest absolute Gasteiger partial charge is 0.337 e. The molecule has 0 saturated carbocycles. The Labute approximate surface area is 111 Å². The van der Waals surface area contributed by atoms with E-state index in [0.29, 0.717) is 18.8 Å². The van der Waals surface area contributed by atoms with Crippen molar-refractivity contribution in [1.29, 1.82) is 0 Å². The van der Waals surface area contributed by atoms with Crippen LogP contribution in [0.25, 0.3) is 0 Å². The average molecular weight is 266 g/mol. The maximum atomic E-state index is 11.7. The Bertz CT molecular complexity index is 470. The highest BCUT2D eigenvalue weighted by atomic mass is 16.5. The molecule has 0 radical (unpaired) electrons. The minimum atomic E-state index is -1.13. The predicted octanol–water partition coefficient (Wildman–Crippen LogP) is 1.21. The zero-order valence-corrected chi connectivity index (χ0v) is 11.0. The number of amides is 1. The first-order valence-corrected chi connectivity index (χ1v) is 6.03. The summed E-state index contributed by atoms with van der Waals surface area (Å²) in [6, 6.07) is 4.30. The fourth-order valence-electron chi connectivity index (χ4n) is 1.62. The summed E-state index contributed by atoms with van der Waals surface area (Å²) in [4.78, 5) is 24.3. The van der Waals surface area contributed by atoms with E-state index in [0.717, 1.165) is 0 Å². The number of benzene rings is 1. The van der Waals surface area contributed by atoms with Gasteiger partial charge < -0.3 is 20.5 Å². The van der Waals surface area contributed by atoms with Crippen molar-refractivity contribution in [3.63, 3.8) is 0 Å². The van der Waals surface area contributed by atoms with Gasteiger partial charge in [-0.25, -0.2) is 4.79 Å². The van der Waals surface area contributed by atoms with Crippen LogP contribution in [0.4, 0.5) is 5.69 Å². The average Bonchev–Trinajstić information content (AvgIpc) is 2.38. The molecule has 6 heteroatoms. The first-order chi connectivity index (χ1) is 8.99. The van der Waals surface area contributed by atoms with E-state index in [-0.39, 0.29) is 23.8 Å². The molecule has 1 aromatic carbocycles. The fourth-order valence-corrected chi connectivity index (χ4v) is 1.62. The number of carbonyl (C=O) groups excluding carboxylic acids is 1. The third-order valence-corrected chi connectivity index (χ3v) is 2.73. The third-order valence-electron chi connectivity index (χ3n) is 2.73. The molecule has 0 spiro atoms. The lowest BCUT2D eigenvalue weighted by molar-refractivity contribution is -0.132. The van der Waals surface area contributed by atoms with Gasteiger partial charge in [0, 0.05) is 18.8 Å². The lowest BCUT2D eigenvalue weighted by Gasteiger charge is -2.18. The molecule has 0 unspecified atom stereocenters. The van der Waals surface area contributed by atoms with E-state index in [1.54, 1.807) is 4.90 Å². The van der Waals surface area contributed by atoms with E-state index < -0.39 is 5.97 Å². The van der Waals surface area contributed by atoms with Crippen molar-refractivity contribution in [3.05, 3.63) is 23.8 Å². The second kappa shape index (κ2) is 6.63. The van der Waals surface area contributed by atoms with Gasteiger partial charge in [-0.1, -0.05) is 0 Å². The van der Waals surface area contributed by atoms with Crippen molar-refractivity contribution in [2.45, 2.75) is 13.8 Å². The van der Waals surface area contributed by atoms with Gasteiger partial charge in [-0.15, -0.1) is 0 Å². The molecule has 0 aliphatic rings. The summed E-state index contributed by atoms with van der Waals surface area (Å²) in [7, 11) is 0. The van der Waals surface area contributed by atoms with Crippen LogP contribution in [0.1, 0.15) is 24.2 Å². The van der Waals surface area contributed by atoms with E-state index in [2.05, 4.69) is 0 Å². The molecule has 0 heterocycles. The SMILES string of the molecule is CCN(CC)C(=O)COc1ccc(N)c(C(=O)O)c1. The summed E-state index contributed by atoms with van der Waals surface area (Å²) in [6.45, 7) is 4.87. The Balaban J connectivity index is 2.71. The van der Waals surface area contributed by atoms with E-state index in [4.69, 9.17) is 15.6 Å². The van der Waals surface area contributed by atoms with E-state index >= 15 is 0 Å². The highest BCUT2D eigenvalue weighted by Gasteiger charge is 2.12. The summed E-state index contributed by atoms with van der Waals surface area (Å²) >= 11 is 0. The van der Waals surface area contributed by atoms with E-state index in [1.807, 2.05) is 13.8 Å². The summed E-state index contributed by atoms with van der Waals surface area (Å²) < 4.78 is 5.29. The molecule has 0 atom stereocenters. The van der Waals surface area contributed by atoms with Gasteiger partial charge in [0.2, 0.25) is 0 Å². The quantitative estimate of drug-likeness (QED) is 0.755. The van der Waals surface area contributed by atoms with Gasteiger partial charge in [0.1, 0.15) is 5.75 Å². The second-order valence-electron chi connectivity index (χ2n) is 3.91. The third kappa shape index (κ3) is 3.87. The largest absolute Gasteiger partial charge is 0.484 e. The highest BCUT2D eigenvalue weighted by molar-refractivity contribution is 5.94. The topological polar surface area (TPSA) is 92.9 Å². The zero-order chi connectivity index (χ0) is 14.4. The first kappa shape index (κ1) is 14.8. The number of rotatable bonds is 6. The zero-order valence-electron chi connectivity index (χ0n) is 11.0. The van der Waals surface area contributed by atoms with Gasteiger partial charge in [0.25, 0.3) is 5.91 Å². The van der Waals surface area contributed by atoms with Crippen LogP contribution in [0.15, 0.2) is 18.2 Å². The molecule has 0 aliphatic heterocycles. The van der Waals surface area contributed by atoms with Crippen molar-refractivity contribution in [1.82, 2.24) is 4.90 Å². The van der Waals surface area contributed by atoms with E-state index in [1.165, 1.54) is 18.2 Å². The number of ether oxygens (including phenoxy) is 1. The van der Waals surface area contributed by atoms with Crippen LogP contribution >= 0.6 is 0 Å². The van der Waals surface area contributed by atoms with Crippen molar-refractivity contribution in [2.75, 3.05) is 25.4 Å². The molecule has 3 N–H and O–H groups in total. The van der Waals surface area contributed by atoms with Crippen LogP contribution in [0.3, 0.4) is 0 Å². The molecule has 0 aromatic heterocycles. The van der Waals surface area contributed by atoms with Crippen LogP contribution < -0.4 is 10.5 Å². The molecule has 1 amide bonds. The van der Waals surface area contributed by atoms with Gasteiger partial charge in [0.05, 0.1) is 5.56 Å². The van der Waals surface area contributed by atoms with Gasteiger partial charge in [-0.2, -0.15) is 0 Å². The number of anilines is 1. The number of likely N-dealkylation sites (N-methyl/N-ethyl adjacent to an activating group) is 1. The Hall–Kier alpha value is -2.24. The molecule has 0 fully saturated rings. The van der Waals surface area contributed by atoms with Gasteiger partial charge in [0.15, 0.2) is 6.61 Å². The van der Waals surface area contributed by atoms with Gasteiger partial charge in [-0.05, 0) is 32.0 Å². The molecule has 1 aromatic rings. The molecular weight excluding hydrogens is 248 g/mol. The monoisotopic (exact) mass is 266 g/mol. The van der Waals surface area contributed by atoms with Crippen LogP contribution in [0.2, 0.25) is 0 Å². The number of nitrogens with zero attached hydrogens (tertiary/aromatic N) is 1. The molecule has 0 saturated heterocycles. The number of hydrogen-bond donors (Lipinski definition) is 2. The molecular formula is C13H18N2O4. The van der Waals surface area contributed by atoms with Crippen LogP contribution in [0.5, 0.6) is 5.75 Å². The maximum Gasteiger partial charge on any atom is 0.337 e. The molecule has 19 heavy (non-hydrogen) atoms. The van der Waals surface area contributed by atoms with Crippen LogP contribution in [0, 0.1) is 0 Å². The molecule has 1 rings (SSSR count). The maximum absolute atomic E-state index is 11.7. The number of aromatic carboxylic acids is 1. The minimum absolute atomic E-state index is 0.0345. The van der Waals surface area contributed by atoms with Crippen LogP contribution in [-0.2, 0) is 4.79 Å². The molecule has 0 aliphatic carbocycles. The summed E-state index contributed by atoms with van der Waals surface area (Å²) in [6.07, 6.45) is 0. The summed E-state index contributed by atoms with van der Waals surface area (Å²) in [5.74, 6) is -0.955. The van der Waals surface area contributed by atoms with Crippen LogP contribution in [-0.4, -0.2) is 41.6 Å². The number of nitrogen functional groups attached to an aromatic ring is 1. The number of hydrogen-bond acceptors (Lipinski definition) is 4. The number of carbonyl (C=O) groups is 2. The molecule has 6 nitrogen and oxygen atoms in total. The Morgan fingerprint density at radius 1 is 1.32 bits per heavy atom. The predicted molar refractivity (Wildman–Crippen MR) is 71.2 cm³/mol. The summed E-state index contributed by atoms with van der Waals surface area (Å²) in [5.41, 5.74) is 5.65. The van der Waals surface area contributed by atoms with Gasteiger partial charge >= 0.3 is 5.97 Å². The Morgan fingerprint density at radius 2 is 1.95 bits per heavy atom. The summed E-state index contributed by atoms with van der Waals surface area (Å²) in [5, 5.41) is 8.92. The minimum Gasteiger partial charge on any atom is -0.484 e. The van der Waals surface area contributed by atoms with Crippen molar-refractivity contribution >= 4 is 17.6 Å². The molecule has 0 bridgehead atoms. The Morgan fingerprint density at radius 3 is 2.47 bits per heavy atom. The van der Waals surface area contributed by atoms with Gasteiger partial charge in [-0.3, -0.25) is 4.79 Å². The number of nitrogens with two attached hydrogens (primary N) is 1.